The summed E-state index contributed by atoms with van der Waals surface area (Å²) < 4.78 is 70.5. The van der Waals surface area contributed by atoms with Gasteiger partial charge in [0.15, 0.2) is 31.5 Å². The number of carbonyl (C=O) groups is 4. The van der Waals surface area contributed by atoms with E-state index in [4.69, 9.17) is 56.8 Å². The number of ether oxygens (including phenoxy) is 12. The van der Waals surface area contributed by atoms with Crippen LogP contribution in [0.2, 0.25) is 0 Å². The van der Waals surface area contributed by atoms with E-state index in [-0.39, 0.29) is 12.3 Å². The molecular weight excluding hydrogens is 1570 g/mol. The van der Waals surface area contributed by atoms with Gasteiger partial charge in [0.05, 0.1) is 70.5 Å². The van der Waals surface area contributed by atoms with Crippen molar-refractivity contribution in [3.05, 3.63) is 12.2 Å². The van der Waals surface area contributed by atoms with Crippen LogP contribution in [0.25, 0.3) is 0 Å². The fourth-order valence-corrected chi connectivity index (χ4v) is 15.8. The van der Waals surface area contributed by atoms with E-state index in [2.05, 4.69) is 29.8 Å². The van der Waals surface area contributed by atoms with Crippen LogP contribution >= 0.6 is 0 Å². The lowest BCUT2D eigenvalue weighted by molar-refractivity contribution is -0.392. The minimum atomic E-state index is -3.25. The molecule has 33 atom stereocenters. The lowest BCUT2D eigenvalue weighted by Crippen LogP contribution is -2.71. The molecule has 0 aromatic heterocycles. The third-order valence-electron chi connectivity index (χ3n) is 22.7. The minimum absolute atomic E-state index is 0.168. The van der Waals surface area contributed by atoms with Crippen molar-refractivity contribution in [3.63, 3.8) is 0 Å². The highest BCUT2D eigenvalue weighted by Crippen LogP contribution is 2.41. The molecule has 6 saturated heterocycles. The van der Waals surface area contributed by atoms with E-state index < -0.39 is 272 Å². The number of aliphatic hydroxyl groups excluding tert-OH is 19. The van der Waals surface area contributed by atoms with Crippen LogP contribution in [0, 0.1) is 0 Å². The topological polar surface area (TPSA) is 620 Å². The standard InChI is InChI=1S/C79H141N3O36/c1-5-7-9-11-13-15-17-19-20-22-24-26-28-30-32-34-54(94)82-45(46(91)33-31-29-27-25-23-21-18-16-14-12-10-8-6-2)42-107-74-63(101)61(99)67(52(40-87)111-74)113-75-64(102)62(100)68(53(41-88)112-75)114-76-65(103)71(59(97)50(38-85)109-76)116-73-56(81-44(4)90)69(58(96)49(37-84)108-73)115-77-66(104)72(60(98)51(39-86)110-77)118-79(78(105)106)35-47(92)55(80-43(3)89)70(117-79)57(95)48(93)36-83/h31,33,45-53,55-77,83-88,91-93,95-104H,5-30,32,34-42H2,1-4H3,(H,80,89)(H,81,90)(H,82,94)(H,105,106)/b33-31+/t45-,46+,47-,48+,49+,50+,51+,52+,53+,55+,56+,57+,58-,59-,60-,61+,62+,63+,64+,65+,66+,67+,68-,69+,70+,71-,72-,73-,74+,75-,76+,77-,79-/m0/s1. The average Bonchev–Trinajstić information content (AvgIpc) is 0.752. The van der Waals surface area contributed by atoms with Crippen molar-refractivity contribution >= 4 is 23.7 Å². The predicted molar refractivity (Wildman–Crippen MR) is 411 cm³/mol. The van der Waals surface area contributed by atoms with E-state index in [9.17, 15) is 121 Å². The molecule has 6 fully saturated rings. The molecule has 0 spiro atoms. The van der Waals surface area contributed by atoms with Gasteiger partial charge < -0.3 is 175 Å². The van der Waals surface area contributed by atoms with Crippen LogP contribution in [-0.2, 0) is 76.0 Å². The van der Waals surface area contributed by atoms with Crippen LogP contribution in [0.3, 0.4) is 0 Å². The SMILES string of the molecule is CCCCCCCCCCCCC/C=C/[C@@H](O)[C@H](CO[C@@H]1O[C@H](CO)[C@@H](O[C@@H]2O[C@H](CO)[C@H](O[C@H]3O[C@H](CO)[C@H](O)[C@H](O[C@@H]4O[C@H](CO)[C@H](O)[C@H](O[C@@H]5O[C@H](CO)[C@H](O)[C@H](O[C@]6(C(=O)O)C[C@H](O)[C@@H](NC(C)=O)[C@H]([C@H](O)[C@H](O)CO)O6)[C@H]5O)[C@H]4NC(C)=O)[C@H]3O)[C@H](O)[C@H]2O)[C@H](O)[C@H]1O)NC(=O)CCCCCCCCCCCCCCCCC. The maximum Gasteiger partial charge on any atom is 0.364 e. The van der Waals surface area contributed by atoms with E-state index in [1.54, 1.807) is 6.08 Å². The molecule has 0 aliphatic carbocycles. The zero-order chi connectivity index (χ0) is 86.8. The molecule has 39 heteroatoms. The maximum absolute atomic E-state index is 13.5. The van der Waals surface area contributed by atoms with E-state index in [0.717, 1.165) is 65.2 Å². The molecule has 0 unspecified atom stereocenters. The van der Waals surface area contributed by atoms with Crippen molar-refractivity contribution in [2.75, 3.05) is 46.2 Å². The van der Waals surface area contributed by atoms with Crippen molar-refractivity contribution in [3.8, 4) is 0 Å². The first-order valence-electron chi connectivity index (χ1n) is 42.6. The van der Waals surface area contributed by atoms with Gasteiger partial charge in [-0.05, 0) is 19.3 Å². The second-order valence-corrected chi connectivity index (χ2v) is 32.1. The van der Waals surface area contributed by atoms with E-state index in [1.807, 2.05) is 6.08 Å². The van der Waals surface area contributed by atoms with Crippen LogP contribution in [0.5, 0.6) is 0 Å². The quantitative estimate of drug-likeness (QED) is 0.0210. The van der Waals surface area contributed by atoms with Crippen LogP contribution in [0.15, 0.2) is 12.2 Å². The van der Waals surface area contributed by atoms with Crippen molar-refractivity contribution in [2.24, 2.45) is 0 Å². The number of carboxylic acids is 1. The molecule has 0 radical (unpaired) electrons. The molecule has 6 aliphatic rings. The number of unbranched alkanes of at least 4 members (excludes halogenated alkanes) is 25. The minimum Gasteiger partial charge on any atom is -0.477 e. The summed E-state index contributed by atoms with van der Waals surface area (Å²) in [6, 6.07) is -4.72. The highest BCUT2D eigenvalue weighted by molar-refractivity contribution is 5.77. The smallest absolute Gasteiger partial charge is 0.364 e. The predicted octanol–water partition coefficient (Wildman–Crippen LogP) is -3.22. The maximum atomic E-state index is 13.5. The fraction of sp³-hybridized carbons (Fsp3) is 0.924. The van der Waals surface area contributed by atoms with Crippen LogP contribution in [-0.4, -0.2) is 374 Å². The van der Waals surface area contributed by atoms with Gasteiger partial charge in [-0.25, -0.2) is 4.79 Å². The highest BCUT2D eigenvalue weighted by Gasteiger charge is 2.62. The Balaban J connectivity index is 1.11. The zero-order valence-electron chi connectivity index (χ0n) is 68.6. The van der Waals surface area contributed by atoms with E-state index in [1.165, 1.54) is 109 Å². The van der Waals surface area contributed by atoms with Gasteiger partial charge in [-0.2, -0.15) is 0 Å². The van der Waals surface area contributed by atoms with Crippen molar-refractivity contribution in [2.45, 2.75) is 416 Å². The average molecular weight is 1710 g/mol. The first kappa shape index (κ1) is 103. The summed E-state index contributed by atoms with van der Waals surface area (Å²) in [5.41, 5.74) is 0. The molecular formula is C79H141N3O36. The summed E-state index contributed by atoms with van der Waals surface area (Å²) in [6.07, 6.45) is -26.3. The van der Waals surface area contributed by atoms with Gasteiger partial charge in [-0.15, -0.1) is 0 Å². The monoisotopic (exact) mass is 1710 g/mol. The van der Waals surface area contributed by atoms with Gasteiger partial charge in [0.1, 0.15) is 140 Å². The zero-order valence-corrected chi connectivity index (χ0v) is 68.6. The van der Waals surface area contributed by atoms with Crippen LogP contribution in [0.4, 0.5) is 0 Å². The Morgan fingerprint density at radius 2 is 0.822 bits per heavy atom. The molecule has 3 amide bonds. The van der Waals surface area contributed by atoms with Gasteiger partial charge in [-0.1, -0.05) is 180 Å². The van der Waals surface area contributed by atoms with Gasteiger partial charge in [-0.3, -0.25) is 14.4 Å². The lowest BCUT2D eigenvalue weighted by atomic mass is 9.88. The lowest BCUT2D eigenvalue weighted by Gasteiger charge is -2.51. The number of carboxylic acid groups (broad SMARTS) is 1. The van der Waals surface area contributed by atoms with Crippen molar-refractivity contribution in [1.29, 1.82) is 0 Å². The molecule has 23 N–H and O–H groups in total. The molecule has 118 heavy (non-hydrogen) atoms. The second-order valence-electron chi connectivity index (χ2n) is 32.1. The summed E-state index contributed by atoms with van der Waals surface area (Å²) in [4.78, 5) is 52.0. The Hall–Kier alpha value is -3.62. The Kier molecular flexibility index (Phi) is 46.9. The number of carbonyl (C=O) groups excluding carboxylic acids is 3. The molecule has 0 aromatic rings. The number of amides is 3. The van der Waals surface area contributed by atoms with Gasteiger partial charge >= 0.3 is 5.97 Å². The molecule has 0 bridgehead atoms. The number of hydrogen-bond acceptors (Lipinski definition) is 35. The second kappa shape index (κ2) is 53.6. The highest BCUT2D eigenvalue weighted by atomic mass is 16.8. The fourth-order valence-electron chi connectivity index (χ4n) is 15.8. The normalized spacial score (nSPS) is 36.4. The number of rotatable bonds is 55. The Labute approximate surface area is 689 Å². The van der Waals surface area contributed by atoms with Gasteiger partial charge in [0, 0.05) is 26.7 Å². The Morgan fingerprint density at radius 1 is 0.441 bits per heavy atom. The molecule has 6 aliphatic heterocycles. The van der Waals surface area contributed by atoms with E-state index in [0.29, 0.717) is 12.8 Å². The number of allylic oxidation sites excluding steroid dienone is 1. The first-order valence-corrected chi connectivity index (χ1v) is 42.6. The number of nitrogens with one attached hydrogen (secondary N) is 3. The summed E-state index contributed by atoms with van der Waals surface area (Å²) in [5.74, 6) is -7.50. The molecule has 688 valence electrons. The van der Waals surface area contributed by atoms with E-state index >= 15 is 0 Å². The third kappa shape index (κ3) is 30.3. The Morgan fingerprint density at radius 3 is 1.28 bits per heavy atom. The van der Waals surface area contributed by atoms with Gasteiger partial charge in [0.25, 0.3) is 5.79 Å². The molecule has 0 saturated carbocycles. The van der Waals surface area contributed by atoms with Crippen LogP contribution < -0.4 is 16.0 Å². The van der Waals surface area contributed by atoms with Crippen LogP contribution in [0.1, 0.15) is 214 Å². The first-order chi connectivity index (χ1) is 56.5. The number of aliphatic carboxylic acids is 1. The molecule has 0 aromatic carbocycles. The largest absolute Gasteiger partial charge is 0.477 e. The number of hydrogen-bond donors (Lipinski definition) is 23. The van der Waals surface area contributed by atoms with Crippen molar-refractivity contribution in [1.82, 2.24) is 16.0 Å². The molecule has 39 nitrogen and oxygen atoms in total. The third-order valence-corrected chi connectivity index (χ3v) is 22.7. The van der Waals surface area contributed by atoms with Crippen molar-refractivity contribution < 1.29 is 178 Å². The summed E-state index contributed by atoms with van der Waals surface area (Å²) in [7, 11) is 0. The van der Waals surface area contributed by atoms with Gasteiger partial charge in [0.2, 0.25) is 17.7 Å². The summed E-state index contributed by atoms with van der Waals surface area (Å²) in [6.45, 7) is -0.679. The summed E-state index contributed by atoms with van der Waals surface area (Å²) in [5, 5.41) is 231. The Bertz CT molecular complexity index is 2830. The molecule has 6 heterocycles. The number of aliphatic hydroxyl groups is 19. The summed E-state index contributed by atoms with van der Waals surface area (Å²) >= 11 is 0. The molecule has 6 rings (SSSR count).